The monoisotopic (exact) mass is 335 g/mol. The first-order valence-corrected chi connectivity index (χ1v) is 7.95. The maximum absolute atomic E-state index is 13.8. The van der Waals surface area contributed by atoms with Gasteiger partial charge in [-0.1, -0.05) is 6.07 Å². The van der Waals surface area contributed by atoms with Crippen LogP contribution in [0.3, 0.4) is 0 Å². The van der Waals surface area contributed by atoms with Gasteiger partial charge in [0.2, 0.25) is 0 Å². The maximum Gasteiger partial charge on any atom is 0.307 e. The molecule has 1 aromatic carbocycles. The van der Waals surface area contributed by atoms with Crippen molar-refractivity contribution < 1.29 is 23.1 Å². The molecular weight excluding hydrogens is 316 g/mol. The van der Waals surface area contributed by atoms with Crippen LogP contribution in [-0.4, -0.2) is 28.6 Å². The SMILES string of the molecule is CC1CCC(C(=O)O)CN1Cc1ccc(-c2c(F)cccc2F)o1. The van der Waals surface area contributed by atoms with Gasteiger partial charge in [-0.15, -0.1) is 0 Å². The summed E-state index contributed by atoms with van der Waals surface area (Å²) in [5.41, 5.74) is -0.182. The van der Waals surface area contributed by atoms with Crippen LogP contribution in [0.15, 0.2) is 34.7 Å². The molecule has 0 spiro atoms. The number of carbonyl (C=O) groups is 1. The molecule has 1 aliphatic heterocycles. The zero-order chi connectivity index (χ0) is 17.3. The van der Waals surface area contributed by atoms with E-state index in [1.807, 2.05) is 11.8 Å². The minimum atomic E-state index is -0.791. The van der Waals surface area contributed by atoms with E-state index in [2.05, 4.69) is 0 Å². The average Bonchev–Trinajstić information content (AvgIpc) is 2.97. The van der Waals surface area contributed by atoms with Gasteiger partial charge in [0.25, 0.3) is 0 Å². The lowest BCUT2D eigenvalue weighted by Crippen LogP contribution is -2.43. The Kier molecular flexibility index (Phi) is 4.66. The van der Waals surface area contributed by atoms with Crippen molar-refractivity contribution in [3.05, 3.63) is 47.7 Å². The number of likely N-dealkylation sites (tertiary alicyclic amines) is 1. The molecule has 6 heteroatoms. The van der Waals surface area contributed by atoms with Gasteiger partial charge < -0.3 is 9.52 Å². The highest BCUT2D eigenvalue weighted by Gasteiger charge is 2.30. The van der Waals surface area contributed by atoms with Crippen LogP contribution in [0.2, 0.25) is 0 Å². The van der Waals surface area contributed by atoms with Crippen LogP contribution in [0.1, 0.15) is 25.5 Å². The van der Waals surface area contributed by atoms with E-state index in [0.717, 1.165) is 6.42 Å². The lowest BCUT2D eigenvalue weighted by molar-refractivity contribution is -0.144. The van der Waals surface area contributed by atoms with E-state index < -0.39 is 17.6 Å². The van der Waals surface area contributed by atoms with Crippen LogP contribution >= 0.6 is 0 Å². The molecule has 24 heavy (non-hydrogen) atoms. The highest BCUT2D eigenvalue weighted by Crippen LogP contribution is 2.29. The number of carboxylic acids is 1. The molecule has 0 amide bonds. The average molecular weight is 335 g/mol. The molecule has 0 bridgehead atoms. The summed E-state index contributed by atoms with van der Waals surface area (Å²) in [6, 6.07) is 7.13. The molecule has 1 aliphatic rings. The highest BCUT2D eigenvalue weighted by atomic mass is 19.1. The number of hydrogen-bond acceptors (Lipinski definition) is 3. The summed E-state index contributed by atoms with van der Waals surface area (Å²) >= 11 is 0. The summed E-state index contributed by atoms with van der Waals surface area (Å²) in [4.78, 5) is 13.2. The highest BCUT2D eigenvalue weighted by molar-refractivity contribution is 5.70. The third-order valence-electron chi connectivity index (χ3n) is 4.59. The predicted molar refractivity (Wildman–Crippen MR) is 84.3 cm³/mol. The van der Waals surface area contributed by atoms with Gasteiger partial charge in [-0.05, 0) is 44.0 Å². The Labute approximate surface area is 138 Å². The van der Waals surface area contributed by atoms with Gasteiger partial charge in [0, 0.05) is 12.6 Å². The first kappa shape index (κ1) is 16.6. The minimum absolute atomic E-state index is 0.139. The van der Waals surface area contributed by atoms with E-state index in [0.29, 0.717) is 25.3 Å². The molecule has 0 saturated carbocycles. The molecule has 128 valence electrons. The van der Waals surface area contributed by atoms with Gasteiger partial charge in [-0.2, -0.15) is 0 Å². The summed E-state index contributed by atoms with van der Waals surface area (Å²) in [7, 11) is 0. The lowest BCUT2D eigenvalue weighted by Gasteiger charge is -2.35. The molecule has 1 aromatic heterocycles. The number of halogens is 2. The van der Waals surface area contributed by atoms with Crippen LogP contribution in [0.4, 0.5) is 8.78 Å². The van der Waals surface area contributed by atoms with E-state index in [9.17, 15) is 18.7 Å². The zero-order valence-electron chi connectivity index (χ0n) is 13.3. The number of carboxylic acid groups (broad SMARTS) is 1. The van der Waals surface area contributed by atoms with Gasteiger partial charge in [0.15, 0.2) is 0 Å². The predicted octanol–water partition coefficient (Wildman–Crippen LogP) is 3.91. The van der Waals surface area contributed by atoms with E-state index in [-0.39, 0.29) is 23.3 Å². The number of hydrogen-bond donors (Lipinski definition) is 1. The molecule has 2 heterocycles. The van der Waals surface area contributed by atoms with Crippen molar-refractivity contribution in [2.24, 2.45) is 5.92 Å². The zero-order valence-corrected chi connectivity index (χ0v) is 13.3. The molecule has 2 atom stereocenters. The summed E-state index contributed by atoms with van der Waals surface area (Å²) in [6.45, 7) is 2.90. The minimum Gasteiger partial charge on any atom is -0.481 e. The fourth-order valence-corrected chi connectivity index (χ4v) is 3.13. The van der Waals surface area contributed by atoms with E-state index >= 15 is 0 Å². The van der Waals surface area contributed by atoms with Crippen molar-refractivity contribution in [2.75, 3.05) is 6.54 Å². The Morgan fingerprint density at radius 2 is 1.96 bits per heavy atom. The molecule has 1 saturated heterocycles. The normalized spacial score (nSPS) is 21.8. The standard InChI is InChI=1S/C18H19F2NO3/c1-11-5-6-12(18(22)23)9-21(11)10-13-7-8-16(24-13)17-14(19)3-2-4-15(17)20/h2-4,7-8,11-12H,5-6,9-10H2,1H3,(H,22,23). The number of nitrogens with zero attached hydrogens (tertiary/aromatic N) is 1. The van der Waals surface area contributed by atoms with Gasteiger partial charge in [-0.25, -0.2) is 8.78 Å². The fourth-order valence-electron chi connectivity index (χ4n) is 3.13. The molecule has 1 fully saturated rings. The molecular formula is C18H19F2NO3. The number of piperidine rings is 1. The number of rotatable bonds is 4. The van der Waals surface area contributed by atoms with Gasteiger partial charge >= 0.3 is 5.97 Å². The largest absolute Gasteiger partial charge is 0.481 e. The molecule has 1 N–H and O–H groups in total. The topological polar surface area (TPSA) is 53.7 Å². The molecule has 4 nitrogen and oxygen atoms in total. The van der Waals surface area contributed by atoms with Crippen LogP contribution < -0.4 is 0 Å². The Bertz CT molecular complexity index is 723. The number of furan rings is 1. The van der Waals surface area contributed by atoms with E-state index in [1.54, 1.807) is 12.1 Å². The second-order valence-electron chi connectivity index (χ2n) is 6.25. The second-order valence-corrected chi connectivity index (χ2v) is 6.25. The molecule has 2 aromatic rings. The number of aliphatic carboxylic acids is 1. The van der Waals surface area contributed by atoms with Gasteiger partial charge in [0.05, 0.1) is 18.0 Å². The molecule has 3 rings (SSSR count). The number of benzene rings is 1. The van der Waals surface area contributed by atoms with Gasteiger partial charge in [-0.3, -0.25) is 9.69 Å². The van der Waals surface area contributed by atoms with Crippen LogP contribution in [0.25, 0.3) is 11.3 Å². The van der Waals surface area contributed by atoms with E-state index in [1.165, 1.54) is 18.2 Å². The van der Waals surface area contributed by atoms with Crippen molar-refractivity contribution in [2.45, 2.75) is 32.4 Å². The Hall–Kier alpha value is -2.21. The second kappa shape index (κ2) is 6.73. The quantitative estimate of drug-likeness (QED) is 0.920. The van der Waals surface area contributed by atoms with Crippen molar-refractivity contribution in [3.63, 3.8) is 0 Å². The van der Waals surface area contributed by atoms with Crippen LogP contribution in [-0.2, 0) is 11.3 Å². The molecule has 2 unspecified atom stereocenters. The lowest BCUT2D eigenvalue weighted by atomic mass is 9.93. The van der Waals surface area contributed by atoms with Crippen LogP contribution in [0, 0.1) is 17.6 Å². The summed E-state index contributed by atoms with van der Waals surface area (Å²) in [6.07, 6.45) is 1.46. The third-order valence-corrected chi connectivity index (χ3v) is 4.59. The first-order valence-electron chi connectivity index (χ1n) is 7.95. The Morgan fingerprint density at radius 1 is 1.25 bits per heavy atom. The summed E-state index contributed by atoms with van der Waals surface area (Å²) < 4.78 is 33.3. The Balaban J connectivity index is 1.77. The van der Waals surface area contributed by atoms with Crippen molar-refractivity contribution in [3.8, 4) is 11.3 Å². The van der Waals surface area contributed by atoms with Crippen molar-refractivity contribution >= 4 is 5.97 Å². The summed E-state index contributed by atoms with van der Waals surface area (Å²) in [5.74, 6) is -1.83. The van der Waals surface area contributed by atoms with Crippen LogP contribution in [0.5, 0.6) is 0 Å². The first-order chi connectivity index (χ1) is 11.5. The maximum atomic E-state index is 13.8. The van der Waals surface area contributed by atoms with E-state index in [4.69, 9.17) is 4.42 Å². The van der Waals surface area contributed by atoms with Crippen molar-refractivity contribution in [1.29, 1.82) is 0 Å². The smallest absolute Gasteiger partial charge is 0.307 e. The van der Waals surface area contributed by atoms with Crippen molar-refractivity contribution in [1.82, 2.24) is 4.90 Å². The fraction of sp³-hybridized carbons (Fsp3) is 0.389. The van der Waals surface area contributed by atoms with Gasteiger partial charge in [0.1, 0.15) is 23.2 Å². The molecule has 0 radical (unpaired) electrons. The third kappa shape index (κ3) is 3.33. The molecule has 0 aliphatic carbocycles. The Morgan fingerprint density at radius 3 is 2.62 bits per heavy atom. The summed E-state index contributed by atoms with van der Waals surface area (Å²) in [5, 5.41) is 9.19.